The Kier molecular flexibility index (Phi) is 3.57. The van der Waals surface area contributed by atoms with E-state index in [1.165, 1.54) is 18.4 Å². The second-order valence-corrected chi connectivity index (χ2v) is 5.62. The fraction of sp³-hybridized carbons (Fsp3) is 0.353. The van der Waals surface area contributed by atoms with Crippen molar-refractivity contribution >= 4 is 5.82 Å². The highest BCUT2D eigenvalue weighted by Crippen LogP contribution is 2.43. The number of rotatable bonds is 4. The summed E-state index contributed by atoms with van der Waals surface area (Å²) in [5.74, 6) is 1.21. The third-order valence-electron chi connectivity index (χ3n) is 4.11. The van der Waals surface area contributed by atoms with Crippen molar-refractivity contribution in [2.24, 2.45) is 5.92 Å². The maximum absolute atomic E-state index is 9.40. The summed E-state index contributed by atoms with van der Waals surface area (Å²) in [6.45, 7) is 3.80. The molecule has 0 bridgehead atoms. The summed E-state index contributed by atoms with van der Waals surface area (Å²) in [6.07, 6.45) is 2.43. The molecular weight excluding hydrogens is 260 g/mol. The topological polar surface area (TPSA) is 61.6 Å². The van der Waals surface area contributed by atoms with Gasteiger partial charge >= 0.3 is 0 Å². The van der Waals surface area contributed by atoms with E-state index in [2.05, 4.69) is 33.7 Å². The van der Waals surface area contributed by atoms with Gasteiger partial charge in [-0.25, -0.2) is 0 Å². The van der Waals surface area contributed by atoms with Crippen molar-refractivity contribution in [1.29, 1.82) is 5.26 Å². The van der Waals surface area contributed by atoms with Crippen molar-refractivity contribution < 1.29 is 0 Å². The number of hydrogen-bond donors (Lipinski definition) is 1. The van der Waals surface area contributed by atoms with Crippen LogP contribution in [0, 0.1) is 31.1 Å². The van der Waals surface area contributed by atoms with Gasteiger partial charge in [0.1, 0.15) is 11.6 Å². The normalized spacial score (nSPS) is 15.3. The maximum Gasteiger partial charge on any atom is 0.167 e. The third kappa shape index (κ3) is 2.73. The molecule has 1 aromatic heterocycles. The number of nitrogens with one attached hydrogen (secondary N) is 1. The van der Waals surface area contributed by atoms with Crippen LogP contribution in [0.25, 0.3) is 0 Å². The second-order valence-electron chi connectivity index (χ2n) is 5.62. The van der Waals surface area contributed by atoms with Gasteiger partial charge < -0.3 is 5.32 Å². The zero-order chi connectivity index (χ0) is 14.8. The summed E-state index contributed by atoms with van der Waals surface area (Å²) in [5.41, 5.74) is 3.55. The molecule has 1 fully saturated rings. The van der Waals surface area contributed by atoms with Gasteiger partial charge in [-0.1, -0.05) is 30.3 Å². The Balaban J connectivity index is 1.95. The standard InChI is InChI=1S/C17H18N4/c1-11-12(2)20-21-17(15(11)10-18)19-16(14-8-9-14)13-6-4-3-5-7-13/h3-7,14,16H,8-9H2,1-2H3,(H,19,21)/t16-/m0/s1. The van der Waals surface area contributed by atoms with Crippen LogP contribution < -0.4 is 5.32 Å². The summed E-state index contributed by atoms with van der Waals surface area (Å²) in [7, 11) is 0. The first-order chi connectivity index (χ1) is 10.2. The van der Waals surface area contributed by atoms with Crippen LogP contribution in [0.3, 0.4) is 0 Å². The van der Waals surface area contributed by atoms with Crippen LogP contribution in [0.15, 0.2) is 30.3 Å². The molecule has 1 saturated carbocycles. The Labute approximate surface area is 124 Å². The summed E-state index contributed by atoms with van der Waals surface area (Å²) >= 11 is 0. The average Bonchev–Trinajstić information content (AvgIpc) is 3.34. The van der Waals surface area contributed by atoms with E-state index in [4.69, 9.17) is 0 Å². The molecule has 1 heterocycles. The molecule has 0 unspecified atom stereocenters. The van der Waals surface area contributed by atoms with E-state index in [1.807, 2.05) is 32.0 Å². The van der Waals surface area contributed by atoms with Crippen LogP contribution in [0.2, 0.25) is 0 Å². The summed E-state index contributed by atoms with van der Waals surface area (Å²) in [6, 6.07) is 12.8. The highest BCUT2D eigenvalue weighted by molar-refractivity contribution is 5.57. The minimum atomic E-state index is 0.203. The minimum Gasteiger partial charge on any atom is -0.360 e. The lowest BCUT2D eigenvalue weighted by Crippen LogP contribution is -2.16. The van der Waals surface area contributed by atoms with Crippen LogP contribution in [-0.4, -0.2) is 10.2 Å². The number of nitriles is 1. The van der Waals surface area contributed by atoms with E-state index in [0.29, 0.717) is 17.3 Å². The molecule has 1 aliphatic carbocycles. The molecule has 0 saturated heterocycles. The monoisotopic (exact) mass is 278 g/mol. The van der Waals surface area contributed by atoms with Crippen LogP contribution in [0.1, 0.15) is 41.3 Å². The number of aryl methyl sites for hydroxylation is 1. The quantitative estimate of drug-likeness (QED) is 0.929. The lowest BCUT2D eigenvalue weighted by molar-refractivity contribution is 0.672. The molecule has 1 N–H and O–H groups in total. The Morgan fingerprint density at radius 2 is 1.90 bits per heavy atom. The van der Waals surface area contributed by atoms with E-state index in [1.54, 1.807) is 0 Å². The number of anilines is 1. The van der Waals surface area contributed by atoms with Crippen molar-refractivity contribution in [3.63, 3.8) is 0 Å². The van der Waals surface area contributed by atoms with E-state index in [-0.39, 0.29) is 6.04 Å². The number of benzene rings is 1. The Morgan fingerprint density at radius 1 is 1.19 bits per heavy atom. The molecule has 21 heavy (non-hydrogen) atoms. The predicted octanol–water partition coefficient (Wildman–Crippen LogP) is 3.53. The highest BCUT2D eigenvalue weighted by atomic mass is 15.2. The first-order valence-corrected chi connectivity index (χ1v) is 7.26. The number of nitrogens with zero attached hydrogens (tertiary/aromatic N) is 3. The number of hydrogen-bond acceptors (Lipinski definition) is 4. The second kappa shape index (κ2) is 5.53. The van der Waals surface area contributed by atoms with Crippen LogP contribution >= 0.6 is 0 Å². The van der Waals surface area contributed by atoms with Gasteiger partial charge in [0.25, 0.3) is 0 Å². The fourth-order valence-electron chi connectivity index (χ4n) is 2.56. The molecular formula is C17H18N4. The van der Waals surface area contributed by atoms with Crippen LogP contribution in [-0.2, 0) is 0 Å². The van der Waals surface area contributed by atoms with Crippen molar-refractivity contribution in [2.75, 3.05) is 5.32 Å². The van der Waals surface area contributed by atoms with Gasteiger partial charge in [-0.15, -0.1) is 5.10 Å². The molecule has 4 nitrogen and oxygen atoms in total. The molecule has 1 aliphatic rings. The van der Waals surface area contributed by atoms with Gasteiger partial charge in [-0.2, -0.15) is 10.4 Å². The van der Waals surface area contributed by atoms with Crippen molar-refractivity contribution in [3.05, 3.63) is 52.7 Å². The van der Waals surface area contributed by atoms with Gasteiger partial charge in [0.15, 0.2) is 5.82 Å². The Hall–Kier alpha value is -2.41. The van der Waals surface area contributed by atoms with E-state index in [0.717, 1.165) is 11.3 Å². The lowest BCUT2D eigenvalue weighted by atomic mass is 10.0. The van der Waals surface area contributed by atoms with Gasteiger partial charge in [0.2, 0.25) is 0 Å². The summed E-state index contributed by atoms with van der Waals surface area (Å²) in [5, 5.41) is 21.2. The molecule has 106 valence electrons. The molecule has 2 aromatic rings. The third-order valence-corrected chi connectivity index (χ3v) is 4.11. The van der Waals surface area contributed by atoms with Gasteiger partial charge in [0, 0.05) is 0 Å². The van der Waals surface area contributed by atoms with E-state index < -0.39 is 0 Å². The summed E-state index contributed by atoms with van der Waals surface area (Å²) in [4.78, 5) is 0. The first-order valence-electron chi connectivity index (χ1n) is 7.26. The van der Waals surface area contributed by atoms with E-state index >= 15 is 0 Å². The average molecular weight is 278 g/mol. The molecule has 0 spiro atoms. The van der Waals surface area contributed by atoms with Gasteiger partial charge in [0.05, 0.1) is 11.7 Å². The summed E-state index contributed by atoms with van der Waals surface area (Å²) < 4.78 is 0. The molecule has 0 amide bonds. The van der Waals surface area contributed by atoms with Crippen molar-refractivity contribution in [1.82, 2.24) is 10.2 Å². The van der Waals surface area contributed by atoms with Gasteiger partial charge in [-0.05, 0) is 43.7 Å². The molecule has 0 aliphatic heterocycles. The van der Waals surface area contributed by atoms with Crippen molar-refractivity contribution in [2.45, 2.75) is 32.7 Å². The smallest absolute Gasteiger partial charge is 0.167 e. The Morgan fingerprint density at radius 3 is 2.52 bits per heavy atom. The zero-order valence-corrected chi connectivity index (χ0v) is 12.3. The van der Waals surface area contributed by atoms with Crippen LogP contribution in [0.4, 0.5) is 5.82 Å². The van der Waals surface area contributed by atoms with E-state index in [9.17, 15) is 5.26 Å². The zero-order valence-electron chi connectivity index (χ0n) is 12.3. The molecule has 1 aromatic carbocycles. The minimum absolute atomic E-state index is 0.203. The fourth-order valence-corrected chi connectivity index (χ4v) is 2.56. The van der Waals surface area contributed by atoms with Crippen molar-refractivity contribution in [3.8, 4) is 6.07 Å². The number of aromatic nitrogens is 2. The molecule has 0 radical (unpaired) electrons. The predicted molar refractivity (Wildman–Crippen MR) is 81.8 cm³/mol. The maximum atomic E-state index is 9.40. The lowest BCUT2D eigenvalue weighted by Gasteiger charge is -2.20. The molecule has 1 atom stereocenters. The van der Waals surface area contributed by atoms with Gasteiger partial charge in [-0.3, -0.25) is 0 Å². The van der Waals surface area contributed by atoms with Crippen LogP contribution in [0.5, 0.6) is 0 Å². The SMILES string of the molecule is Cc1nnc(N[C@@H](c2ccccc2)C2CC2)c(C#N)c1C. The highest BCUT2D eigenvalue weighted by Gasteiger charge is 2.33. The molecule has 4 heteroatoms. The Bertz CT molecular complexity index is 684. The molecule has 3 rings (SSSR count). The largest absolute Gasteiger partial charge is 0.360 e. The first kappa shape index (κ1) is 13.6.